The molecule has 4 rings (SSSR count). The molecular formula is C19H26N6O3. The third kappa shape index (κ3) is 4.09. The predicted octanol–water partition coefficient (Wildman–Crippen LogP) is 1.38. The van der Waals surface area contributed by atoms with Gasteiger partial charge in [0.05, 0.1) is 29.8 Å². The lowest BCUT2D eigenvalue weighted by Gasteiger charge is -2.20. The summed E-state index contributed by atoms with van der Waals surface area (Å²) in [6.45, 7) is 4.85. The van der Waals surface area contributed by atoms with Gasteiger partial charge in [0.2, 0.25) is 11.7 Å². The van der Waals surface area contributed by atoms with Gasteiger partial charge in [-0.2, -0.15) is 5.10 Å². The van der Waals surface area contributed by atoms with Crippen LogP contribution >= 0.6 is 0 Å². The first-order chi connectivity index (χ1) is 13.5. The largest absolute Gasteiger partial charge is 0.351 e. The number of nitrogens with one attached hydrogen (secondary N) is 1. The van der Waals surface area contributed by atoms with E-state index in [1.54, 1.807) is 21.8 Å². The van der Waals surface area contributed by atoms with Crippen LogP contribution in [0.5, 0.6) is 0 Å². The molecule has 0 unspecified atom stereocenters. The molecule has 0 aromatic carbocycles. The molecule has 2 aliphatic rings. The van der Waals surface area contributed by atoms with Crippen molar-refractivity contribution >= 4 is 17.5 Å². The molecule has 150 valence electrons. The number of hydrogen-bond acceptors (Lipinski definition) is 6. The normalized spacial score (nSPS) is 18.1. The summed E-state index contributed by atoms with van der Waals surface area (Å²) in [7, 11) is 1.84. The van der Waals surface area contributed by atoms with E-state index in [0.717, 1.165) is 42.9 Å². The zero-order valence-electron chi connectivity index (χ0n) is 16.3. The van der Waals surface area contributed by atoms with Crippen molar-refractivity contribution in [3.05, 3.63) is 29.4 Å². The molecule has 28 heavy (non-hydrogen) atoms. The van der Waals surface area contributed by atoms with E-state index in [1.165, 1.54) is 0 Å². The first-order valence-electron chi connectivity index (χ1n) is 9.78. The Balaban J connectivity index is 1.29. The molecule has 1 aliphatic heterocycles. The summed E-state index contributed by atoms with van der Waals surface area (Å²) in [6, 6.07) is 1.78. The Morgan fingerprint density at radius 3 is 2.79 bits per heavy atom. The molecule has 0 atom stereocenters. The van der Waals surface area contributed by atoms with Crippen LogP contribution in [0.25, 0.3) is 0 Å². The van der Waals surface area contributed by atoms with Crippen LogP contribution in [0.3, 0.4) is 0 Å². The van der Waals surface area contributed by atoms with E-state index < -0.39 is 0 Å². The van der Waals surface area contributed by atoms with E-state index in [4.69, 9.17) is 4.52 Å². The zero-order valence-corrected chi connectivity index (χ0v) is 16.3. The van der Waals surface area contributed by atoms with Crippen molar-refractivity contribution in [1.82, 2.24) is 24.7 Å². The monoisotopic (exact) mass is 386 g/mol. The summed E-state index contributed by atoms with van der Waals surface area (Å²) in [5.74, 6) is 0.601. The van der Waals surface area contributed by atoms with Crippen LogP contribution in [-0.2, 0) is 11.8 Å². The highest BCUT2D eigenvalue weighted by Gasteiger charge is 2.30. The van der Waals surface area contributed by atoms with Gasteiger partial charge in [0, 0.05) is 45.2 Å². The maximum Gasteiger partial charge on any atom is 0.292 e. The third-order valence-electron chi connectivity index (χ3n) is 5.49. The molecule has 0 spiro atoms. The minimum absolute atomic E-state index is 0.0693. The molecule has 2 aromatic heterocycles. The van der Waals surface area contributed by atoms with Crippen LogP contribution < -0.4 is 5.32 Å². The SMILES string of the molecule is Cc1c(NC(=O)CN2CCCN(C(=O)c3cc(C4CC4)no3)CC2)cnn1C. The second-order valence-electron chi connectivity index (χ2n) is 7.63. The molecule has 0 radical (unpaired) electrons. The lowest BCUT2D eigenvalue weighted by Crippen LogP contribution is -2.38. The number of nitrogens with zero attached hydrogens (tertiary/aromatic N) is 5. The zero-order chi connectivity index (χ0) is 19.7. The lowest BCUT2D eigenvalue weighted by molar-refractivity contribution is -0.117. The fourth-order valence-corrected chi connectivity index (χ4v) is 3.46. The van der Waals surface area contributed by atoms with Gasteiger partial charge in [0.1, 0.15) is 0 Å². The number of anilines is 1. The van der Waals surface area contributed by atoms with Crippen LogP contribution in [0.15, 0.2) is 16.8 Å². The Morgan fingerprint density at radius 1 is 1.25 bits per heavy atom. The second kappa shape index (κ2) is 7.75. The first kappa shape index (κ1) is 18.7. The molecule has 1 aliphatic carbocycles. The Hall–Kier alpha value is -2.68. The quantitative estimate of drug-likeness (QED) is 0.834. The highest BCUT2D eigenvalue weighted by Crippen LogP contribution is 2.39. The molecule has 1 saturated carbocycles. The third-order valence-corrected chi connectivity index (χ3v) is 5.49. The highest BCUT2D eigenvalue weighted by atomic mass is 16.5. The van der Waals surface area contributed by atoms with Gasteiger partial charge in [-0.05, 0) is 26.2 Å². The predicted molar refractivity (Wildman–Crippen MR) is 102 cm³/mol. The minimum atomic E-state index is -0.114. The van der Waals surface area contributed by atoms with Crippen LogP contribution in [0.1, 0.15) is 47.1 Å². The summed E-state index contributed by atoms with van der Waals surface area (Å²) >= 11 is 0. The van der Waals surface area contributed by atoms with Crippen LogP contribution in [0, 0.1) is 6.92 Å². The topological polar surface area (TPSA) is 96.5 Å². The second-order valence-corrected chi connectivity index (χ2v) is 7.63. The molecule has 0 bridgehead atoms. The van der Waals surface area contributed by atoms with Gasteiger partial charge in [-0.15, -0.1) is 0 Å². The van der Waals surface area contributed by atoms with Crippen molar-refractivity contribution in [2.45, 2.75) is 32.1 Å². The van der Waals surface area contributed by atoms with Crippen LogP contribution in [0.2, 0.25) is 0 Å². The number of hydrogen-bond donors (Lipinski definition) is 1. The number of carbonyl (C=O) groups excluding carboxylic acids is 2. The molecule has 2 aromatic rings. The molecule has 1 N–H and O–H groups in total. The number of rotatable bonds is 5. The van der Waals surface area contributed by atoms with E-state index in [2.05, 4.69) is 20.5 Å². The van der Waals surface area contributed by atoms with Gasteiger partial charge in [0.25, 0.3) is 5.91 Å². The van der Waals surface area contributed by atoms with Gasteiger partial charge in [0.15, 0.2) is 0 Å². The molecule has 2 amide bonds. The standard InChI is InChI=1S/C19H26N6O3/c1-13-16(11-20-23(13)2)21-18(26)12-24-6-3-7-25(9-8-24)19(27)17-10-15(22-28-17)14-4-5-14/h10-11,14H,3-9,12H2,1-2H3,(H,21,26). The molecule has 3 heterocycles. The molecule has 2 fully saturated rings. The summed E-state index contributed by atoms with van der Waals surface area (Å²) < 4.78 is 6.99. The van der Waals surface area contributed by atoms with Crippen molar-refractivity contribution in [2.75, 3.05) is 38.0 Å². The maximum atomic E-state index is 12.7. The number of aryl methyl sites for hydroxylation is 1. The fourth-order valence-electron chi connectivity index (χ4n) is 3.46. The molecule has 9 nitrogen and oxygen atoms in total. The van der Waals surface area contributed by atoms with Gasteiger partial charge in [-0.1, -0.05) is 5.16 Å². The minimum Gasteiger partial charge on any atom is -0.351 e. The van der Waals surface area contributed by atoms with Crippen LogP contribution in [-0.4, -0.2) is 69.3 Å². The average molecular weight is 386 g/mol. The Bertz CT molecular complexity index is 869. The molecular weight excluding hydrogens is 360 g/mol. The van der Waals surface area contributed by atoms with E-state index in [0.29, 0.717) is 37.9 Å². The number of aromatic nitrogens is 3. The Labute approximate surface area is 163 Å². The lowest BCUT2D eigenvalue weighted by atomic mass is 10.2. The van der Waals surface area contributed by atoms with Crippen molar-refractivity contribution in [3.63, 3.8) is 0 Å². The summed E-state index contributed by atoms with van der Waals surface area (Å²) in [5, 5.41) is 11.1. The van der Waals surface area contributed by atoms with Gasteiger partial charge in [-0.25, -0.2) is 0 Å². The van der Waals surface area contributed by atoms with E-state index in [-0.39, 0.29) is 11.8 Å². The van der Waals surface area contributed by atoms with E-state index >= 15 is 0 Å². The summed E-state index contributed by atoms with van der Waals surface area (Å²) in [4.78, 5) is 28.9. The van der Waals surface area contributed by atoms with Crippen molar-refractivity contribution in [3.8, 4) is 0 Å². The van der Waals surface area contributed by atoms with E-state index in [9.17, 15) is 9.59 Å². The van der Waals surface area contributed by atoms with Crippen molar-refractivity contribution < 1.29 is 14.1 Å². The average Bonchev–Trinajstić information content (AvgIpc) is 3.39. The fraction of sp³-hybridized carbons (Fsp3) is 0.579. The Morgan fingerprint density at radius 2 is 2.07 bits per heavy atom. The number of carbonyl (C=O) groups is 2. The van der Waals surface area contributed by atoms with Crippen LogP contribution in [0.4, 0.5) is 5.69 Å². The van der Waals surface area contributed by atoms with Gasteiger partial charge in [-0.3, -0.25) is 19.2 Å². The smallest absolute Gasteiger partial charge is 0.292 e. The Kier molecular flexibility index (Phi) is 5.17. The summed E-state index contributed by atoms with van der Waals surface area (Å²) in [6.07, 6.45) is 4.72. The molecule has 1 saturated heterocycles. The van der Waals surface area contributed by atoms with Gasteiger partial charge >= 0.3 is 0 Å². The van der Waals surface area contributed by atoms with Crippen molar-refractivity contribution in [1.29, 1.82) is 0 Å². The molecule has 9 heteroatoms. The maximum absolute atomic E-state index is 12.7. The van der Waals surface area contributed by atoms with Crippen molar-refractivity contribution in [2.24, 2.45) is 7.05 Å². The van der Waals surface area contributed by atoms with E-state index in [1.807, 2.05) is 14.0 Å². The first-order valence-corrected chi connectivity index (χ1v) is 9.78. The highest BCUT2D eigenvalue weighted by molar-refractivity contribution is 5.93. The summed E-state index contributed by atoms with van der Waals surface area (Å²) in [5.41, 5.74) is 2.54. The number of amides is 2. The van der Waals surface area contributed by atoms with Gasteiger partial charge < -0.3 is 14.7 Å².